The van der Waals surface area contributed by atoms with Crippen LogP contribution in [-0.4, -0.2) is 27.9 Å². The Morgan fingerprint density at radius 2 is 2.05 bits per heavy atom. The number of benzene rings is 1. The first kappa shape index (κ1) is 16.4. The van der Waals surface area contributed by atoms with Crippen molar-refractivity contribution in [1.29, 1.82) is 0 Å². The maximum atomic E-state index is 11.4. The number of nitro groups is 1. The van der Waals surface area contributed by atoms with E-state index in [-0.39, 0.29) is 22.9 Å². The lowest BCUT2D eigenvalue weighted by Gasteiger charge is -2.19. The van der Waals surface area contributed by atoms with E-state index < -0.39 is 22.8 Å². The fraction of sp³-hybridized carbons (Fsp3) is 0.385. The van der Waals surface area contributed by atoms with Gasteiger partial charge in [0.1, 0.15) is 6.04 Å². The van der Waals surface area contributed by atoms with Crippen molar-refractivity contribution >= 4 is 23.3 Å². The van der Waals surface area contributed by atoms with Gasteiger partial charge in [0.15, 0.2) is 0 Å². The summed E-state index contributed by atoms with van der Waals surface area (Å²) in [4.78, 5) is 32.6. The van der Waals surface area contributed by atoms with E-state index in [1.54, 1.807) is 0 Å². The number of nitrogens with zero attached hydrogens (tertiary/aromatic N) is 1. The van der Waals surface area contributed by atoms with Crippen molar-refractivity contribution in [3.8, 4) is 0 Å². The molecule has 1 unspecified atom stereocenters. The number of primary amides is 1. The van der Waals surface area contributed by atoms with Gasteiger partial charge in [0.2, 0.25) is 0 Å². The lowest BCUT2D eigenvalue weighted by atomic mass is 10.0. The topological polar surface area (TPSA) is 136 Å². The van der Waals surface area contributed by atoms with Crippen molar-refractivity contribution in [2.24, 2.45) is 11.7 Å². The summed E-state index contributed by atoms with van der Waals surface area (Å²) < 4.78 is 0. The predicted molar refractivity (Wildman–Crippen MR) is 76.1 cm³/mol. The quantitative estimate of drug-likeness (QED) is 0.516. The minimum absolute atomic E-state index is 0.112. The second-order valence-electron chi connectivity index (χ2n) is 5.02. The molecule has 0 heterocycles. The largest absolute Gasteiger partial charge is 0.480 e. The van der Waals surface area contributed by atoms with E-state index in [1.807, 2.05) is 13.8 Å². The maximum Gasteiger partial charge on any atom is 0.326 e. The molecule has 1 amide bonds. The normalized spacial score (nSPS) is 12.0. The number of aliphatic carboxylic acids is 1. The summed E-state index contributed by atoms with van der Waals surface area (Å²) in [5.74, 6) is -1.82. The summed E-state index contributed by atoms with van der Waals surface area (Å²) in [6.07, 6.45) is 0.338. The Kier molecular flexibility index (Phi) is 5.23. The van der Waals surface area contributed by atoms with Crippen LogP contribution in [0.15, 0.2) is 18.2 Å². The third-order valence-corrected chi connectivity index (χ3v) is 2.81. The molecule has 8 heteroatoms. The fourth-order valence-corrected chi connectivity index (χ4v) is 1.86. The van der Waals surface area contributed by atoms with Crippen LogP contribution in [0.2, 0.25) is 0 Å². The number of carbonyl (C=O) groups excluding carboxylic acids is 1. The maximum absolute atomic E-state index is 11.4. The van der Waals surface area contributed by atoms with E-state index in [0.29, 0.717) is 6.42 Å². The van der Waals surface area contributed by atoms with Crippen molar-refractivity contribution < 1.29 is 19.6 Å². The van der Waals surface area contributed by atoms with Crippen LogP contribution in [0.5, 0.6) is 0 Å². The average molecular weight is 295 g/mol. The number of hydrogen-bond donors (Lipinski definition) is 3. The molecule has 0 aromatic heterocycles. The SMILES string of the molecule is CC(C)CC(Nc1ccc([N+](=O)[O-])cc1C(N)=O)C(=O)O. The van der Waals surface area contributed by atoms with Crippen LogP contribution < -0.4 is 11.1 Å². The van der Waals surface area contributed by atoms with Crippen LogP contribution in [0.4, 0.5) is 11.4 Å². The number of hydrogen-bond acceptors (Lipinski definition) is 5. The van der Waals surface area contributed by atoms with Crippen LogP contribution in [-0.2, 0) is 4.79 Å². The summed E-state index contributed by atoms with van der Waals surface area (Å²) in [7, 11) is 0. The highest BCUT2D eigenvalue weighted by Gasteiger charge is 2.22. The van der Waals surface area contributed by atoms with Gasteiger partial charge in [0.05, 0.1) is 10.5 Å². The van der Waals surface area contributed by atoms with E-state index in [0.717, 1.165) is 6.07 Å². The number of nitrogens with one attached hydrogen (secondary N) is 1. The molecule has 0 bridgehead atoms. The van der Waals surface area contributed by atoms with E-state index in [9.17, 15) is 19.7 Å². The Balaban J connectivity index is 3.13. The van der Waals surface area contributed by atoms with Crippen LogP contribution in [0.1, 0.15) is 30.6 Å². The first-order chi connectivity index (χ1) is 9.72. The summed E-state index contributed by atoms with van der Waals surface area (Å²) in [5.41, 5.74) is 4.96. The minimum Gasteiger partial charge on any atom is -0.480 e. The van der Waals surface area contributed by atoms with Gasteiger partial charge in [-0.05, 0) is 18.4 Å². The highest BCUT2D eigenvalue weighted by Crippen LogP contribution is 2.23. The number of anilines is 1. The number of nitro benzene ring substituents is 1. The molecule has 1 aromatic rings. The van der Waals surface area contributed by atoms with Gasteiger partial charge in [-0.15, -0.1) is 0 Å². The Labute approximate surface area is 121 Å². The second kappa shape index (κ2) is 6.69. The highest BCUT2D eigenvalue weighted by atomic mass is 16.6. The number of carbonyl (C=O) groups is 2. The molecule has 0 aliphatic heterocycles. The molecule has 0 radical (unpaired) electrons. The fourth-order valence-electron chi connectivity index (χ4n) is 1.86. The van der Waals surface area contributed by atoms with Gasteiger partial charge in [-0.1, -0.05) is 13.8 Å². The monoisotopic (exact) mass is 295 g/mol. The van der Waals surface area contributed by atoms with E-state index in [2.05, 4.69) is 5.32 Å². The smallest absolute Gasteiger partial charge is 0.326 e. The molecule has 1 atom stereocenters. The zero-order valence-corrected chi connectivity index (χ0v) is 11.7. The highest BCUT2D eigenvalue weighted by molar-refractivity contribution is 5.99. The number of carboxylic acids is 1. The van der Waals surface area contributed by atoms with E-state index in [4.69, 9.17) is 10.8 Å². The Bertz CT molecular complexity index is 571. The summed E-state index contributed by atoms with van der Waals surface area (Å²) >= 11 is 0. The van der Waals surface area contributed by atoms with Crippen LogP contribution >= 0.6 is 0 Å². The molecule has 21 heavy (non-hydrogen) atoms. The Morgan fingerprint density at radius 3 is 2.48 bits per heavy atom. The van der Waals surface area contributed by atoms with Gasteiger partial charge in [-0.25, -0.2) is 4.79 Å². The predicted octanol–water partition coefficient (Wildman–Crippen LogP) is 1.60. The van der Waals surface area contributed by atoms with Crippen molar-refractivity contribution in [3.63, 3.8) is 0 Å². The van der Waals surface area contributed by atoms with Gasteiger partial charge in [0.25, 0.3) is 11.6 Å². The molecule has 8 nitrogen and oxygen atoms in total. The third-order valence-electron chi connectivity index (χ3n) is 2.81. The van der Waals surface area contributed by atoms with Gasteiger partial charge >= 0.3 is 5.97 Å². The summed E-state index contributed by atoms with van der Waals surface area (Å²) in [6, 6.07) is 2.58. The molecule has 1 aromatic carbocycles. The lowest BCUT2D eigenvalue weighted by molar-refractivity contribution is -0.384. The van der Waals surface area contributed by atoms with Crippen LogP contribution in [0.25, 0.3) is 0 Å². The second-order valence-corrected chi connectivity index (χ2v) is 5.02. The minimum atomic E-state index is -1.07. The van der Waals surface area contributed by atoms with Crippen LogP contribution in [0.3, 0.4) is 0 Å². The molecule has 1 rings (SSSR count). The number of rotatable bonds is 7. The van der Waals surface area contributed by atoms with Gasteiger partial charge in [-0.3, -0.25) is 14.9 Å². The first-order valence-electron chi connectivity index (χ1n) is 6.30. The third kappa shape index (κ3) is 4.44. The molecule has 4 N–H and O–H groups in total. The standard InChI is InChI=1S/C13H17N3O5/c1-7(2)5-11(13(18)19)15-10-4-3-8(16(20)21)6-9(10)12(14)17/h3-4,6-7,11,15H,5H2,1-2H3,(H2,14,17)(H,18,19). The van der Waals surface area contributed by atoms with Gasteiger partial charge in [0, 0.05) is 17.8 Å². The number of nitrogens with two attached hydrogens (primary N) is 1. The Hall–Kier alpha value is -2.64. The number of amides is 1. The van der Waals surface area contributed by atoms with Gasteiger partial charge < -0.3 is 16.2 Å². The summed E-state index contributed by atoms with van der Waals surface area (Å²) in [6.45, 7) is 3.73. The average Bonchev–Trinajstić information content (AvgIpc) is 2.37. The molecule has 0 saturated carbocycles. The molecular formula is C13H17N3O5. The van der Waals surface area contributed by atoms with Gasteiger partial charge in [-0.2, -0.15) is 0 Å². The zero-order chi connectivity index (χ0) is 16.2. The zero-order valence-electron chi connectivity index (χ0n) is 11.7. The molecule has 0 aliphatic carbocycles. The molecule has 0 saturated heterocycles. The molecule has 0 aliphatic rings. The molecule has 0 spiro atoms. The van der Waals surface area contributed by atoms with Crippen molar-refractivity contribution in [2.75, 3.05) is 5.32 Å². The van der Waals surface area contributed by atoms with E-state index in [1.165, 1.54) is 12.1 Å². The Morgan fingerprint density at radius 1 is 1.43 bits per heavy atom. The first-order valence-corrected chi connectivity index (χ1v) is 6.30. The molecular weight excluding hydrogens is 278 g/mol. The molecule has 114 valence electrons. The van der Waals surface area contributed by atoms with Crippen LogP contribution in [0, 0.1) is 16.0 Å². The molecule has 0 fully saturated rings. The van der Waals surface area contributed by atoms with Crippen molar-refractivity contribution in [1.82, 2.24) is 0 Å². The van der Waals surface area contributed by atoms with Crippen molar-refractivity contribution in [3.05, 3.63) is 33.9 Å². The van der Waals surface area contributed by atoms with E-state index >= 15 is 0 Å². The van der Waals surface area contributed by atoms with Crippen molar-refractivity contribution in [2.45, 2.75) is 26.3 Å². The number of non-ortho nitro benzene ring substituents is 1. The summed E-state index contributed by atoms with van der Waals surface area (Å²) in [5, 5.41) is 22.6. The number of carboxylic acid groups (broad SMARTS) is 1. The lowest BCUT2D eigenvalue weighted by Crippen LogP contribution is -2.31.